The molecule has 3 fully saturated rings. The first-order chi connectivity index (χ1) is 20.1. The summed E-state index contributed by atoms with van der Waals surface area (Å²) in [5.74, 6) is 2.58. The maximum absolute atomic E-state index is 12.4. The van der Waals surface area contributed by atoms with Gasteiger partial charge >= 0.3 is 0 Å². The number of hydrogen-bond acceptors (Lipinski definition) is 11. The number of piperazine rings is 1. The van der Waals surface area contributed by atoms with Gasteiger partial charge in [-0.25, -0.2) is 9.97 Å². The number of likely N-dealkylation sites (N-methyl/N-ethyl adjacent to an activating group) is 1. The first-order valence-corrected chi connectivity index (χ1v) is 14.5. The van der Waals surface area contributed by atoms with E-state index in [0.29, 0.717) is 30.8 Å². The van der Waals surface area contributed by atoms with Gasteiger partial charge in [0.1, 0.15) is 11.9 Å². The van der Waals surface area contributed by atoms with Gasteiger partial charge in [0, 0.05) is 57.6 Å². The van der Waals surface area contributed by atoms with Gasteiger partial charge in [-0.1, -0.05) is 0 Å². The summed E-state index contributed by atoms with van der Waals surface area (Å²) >= 11 is 0. The van der Waals surface area contributed by atoms with E-state index in [9.17, 15) is 4.79 Å². The van der Waals surface area contributed by atoms with Gasteiger partial charge in [-0.2, -0.15) is 4.98 Å². The Morgan fingerprint density at radius 3 is 2.54 bits per heavy atom. The van der Waals surface area contributed by atoms with E-state index in [0.717, 1.165) is 81.7 Å². The number of pyridine rings is 2. The number of hydrogen-bond donors (Lipinski definition) is 1. The van der Waals surface area contributed by atoms with Crippen molar-refractivity contribution in [3.05, 3.63) is 36.8 Å². The molecule has 1 aliphatic carbocycles. The number of nitrogens with one attached hydrogen (secondary N) is 1. The summed E-state index contributed by atoms with van der Waals surface area (Å²) in [7, 11) is 2.06. The van der Waals surface area contributed by atoms with Crippen molar-refractivity contribution in [3.8, 4) is 11.6 Å². The highest BCUT2D eigenvalue weighted by atomic mass is 16.5. The number of ether oxygens (including phenoxy) is 3. The van der Waals surface area contributed by atoms with Crippen molar-refractivity contribution >= 4 is 28.6 Å². The largest absolute Gasteiger partial charge is 0.481 e. The van der Waals surface area contributed by atoms with Crippen molar-refractivity contribution in [3.63, 3.8) is 0 Å². The van der Waals surface area contributed by atoms with E-state index in [1.54, 1.807) is 18.6 Å². The SMILES string of the molecule is CN1CCN(C(=O)COc2cnc(N[C@H]3CC[C@@H](Oc4nc(N5CCOCC5)cc5ncccc45)CC3)nc2)CC1. The van der Waals surface area contributed by atoms with Gasteiger partial charge in [0.15, 0.2) is 12.4 Å². The Labute approximate surface area is 240 Å². The molecule has 3 aliphatic rings. The lowest BCUT2D eigenvalue weighted by Gasteiger charge is -2.32. The number of nitrogens with zero attached hydrogens (tertiary/aromatic N) is 7. The normalized spacial score (nSPS) is 22.0. The molecule has 12 nitrogen and oxygen atoms in total. The molecule has 1 N–H and O–H groups in total. The Kier molecular flexibility index (Phi) is 8.57. The molecule has 0 radical (unpaired) electrons. The van der Waals surface area contributed by atoms with Crippen LogP contribution in [0.25, 0.3) is 10.9 Å². The lowest BCUT2D eigenvalue weighted by molar-refractivity contribution is -0.134. The Balaban J connectivity index is 0.992. The van der Waals surface area contributed by atoms with E-state index < -0.39 is 0 Å². The highest BCUT2D eigenvalue weighted by Crippen LogP contribution is 2.31. The number of fused-ring (bicyclic) bond motifs is 1. The predicted octanol–water partition coefficient (Wildman–Crippen LogP) is 2.21. The molecule has 2 aliphatic heterocycles. The number of amides is 1. The van der Waals surface area contributed by atoms with Crippen LogP contribution in [0.5, 0.6) is 11.6 Å². The van der Waals surface area contributed by atoms with Crippen molar-refractivity contribution in [2.45, 2.75) is 37.8 Å². The van der Waals surface area contributed by atoms with Crippen LogP contribution in [0.4, 0.5) is 11.8 Å². The molecule has 6 rings (SSSR count). The maximum Gasteiger partial charge on any atom is 0.260 e. The second-order valence-corrected chi connectivity index (χ2v) is 10.9. The molecule has 3 aromatic rings. The third kappa shape index (κ3) is 6.94. The minimum atomic E-state index is -0.00781. The number of aromatic nitrogens is 4. The number of carbonyl (C=O) groups is 1. The number of carbonyl (C=O) groups excluding carboxylic acids is 1. The summed E-state index contributed by atoms with van der Waals surface area (Å²) in [5.41, 5.74) is 0.891. The van der Waals surface area contributed by atoms with E-state index in [4.69, 9.17) is 19.2 Å². The molecule has 5 heterocycles. The quantitative estimate of drug-likeness (QED) is 0.435. The van der Waals surface area contributed by atoms with Gasteiger partial charge in [-0.05, 0) is 44.9 Å². The maximum atomic E-state index is 12.4. The van der Waals surface area contributed by atoms with Crippen molar-refractivity contribution in [2.75, 3.05) is 76.4 Å². The van der Waals surface area contributed by atoms with Crippen molar-refractivity contribution in [2.24, 2.45) is 0 Å². The molecule has 0 bridgehead atoms. The van der Waals surface area contributed by atoms with Crippen LogP contribution in [0.3, 0.4) is 0 Å². The molecule has 1 amide bonds. The highest BCUT2D eigenvalue weighted by Gasteiger charge is 2.25. The fourth-order valence-electron chi connectivity index (χ4n) is 5.50. The lowest BCUT2D eigenvalue weighted by atomic mass is 9.93. The summed E-state index contributed by atoms with van der Waals surface area (Å²) in [6, 6.07) is 6.24. The average Bonchev–Trinajstić information content (AvgIpc) is 3.02. The smallest absolute Gasteiger partial charge is 0.260 e. The number of morpholine rings is 1. The molecular formula is C29H38N8O4. The zero-order chi connectivity index (χ0) is 28.0. The Hall–Kier alpha value is -3.77. The van der Waals surface area contributed by atoms with Crippen LogP contribution in [-0.4, -0.2) is 114 Å². The molecule has 0 unspecified atom stereocenters. The van der Waals surface area contributed by atoms with E-state index in [-0.39, 0.29) is 24.7 Å². The van der Waals surface area contributed by atoms with Crippen LogP contribution in [0.2, 0.25) is 0 Å². The fourth-order valence-corrected chi connectivity index (χ4v) is 5.50. The molecule has 1 saturated carbocycles. The fraction of sp³-hybridized carbons (Fsp3) is 0.552. The van der Waals surface area contributed by atoms with Gasteiger partial charge in [-0.3, -0.25) is 9.78 Å². The second-order valence-electron chi connectivity index (χ2n) is 10.9. The van der Waals surface area contributed by atoms with Crippen molar-refractivity contribution in [1.82, 2.24) is 29.7 Å². The first kappa shape index (κ1) is 27.4. The highest BCUT2D eigenvalue weighted by molar-refractivity contribution is 5.85. The van der Waals surface area contributed by atoms with Crippen molar-refractivity contribution in [1.29, 1.82) is 0 Å². The number of rotatable bonds is 8. The van der Waals surface area contributed by atoms with Crippen molar-refractivity contribution < 1.29 is 19.0 Å². The van der Waals surface area contributed by atoms with E-state index in [2.05, 4.69) is 37.1 Å². The molecule has 12 heteroatoms. The third-order valence-electron chi connectivity index (χ3n) is 8.02. The summed E-state index contributed by atoms with van der Waals surface area (Å²) < 4.78 is 17.6. The minimum absolute atomic E-state index is 0.000572. The van der Waals surface area contributed by atoms with Gasteiger partial charge < -0.3 is 34.2 Å². The van der Waals surface area contributed by atoms with Crippen LogP contribution in [-0.2, 0) is 9.53 Å². The Bertz CT molecular complexity index is 1300. The number of anilines is 2. The minimum Gasteiger partial charge on any atom is -0.481 e. The summed E-state index contributed by atoms with van der Waals surface area (Å²) in [4.78, 5) is 37.0. The molecular weight excluding hydrogens is 524 g/mol. The Morgan fingerprint density at radius 1 is 1.02 bits per heavy atom. The van der Waals surface area contributed by atoms with E-state index in [1.165, 1.54) is 0 Å². The van der Waals surface area contributed by atoms with Crippen LogP contribution in [0, 0.1) is 0 Å². The summed E-state index contributed by atoms with van der Waals surface area (Å²) in [6.45, 7) is 6.26. The van der Waals surface area contributed by atoms with Gasteiger partial charge in [-0.15, -0.1) is 0 Å². The van der Waals surface area contributed by atoms with Crippen LogP contribution in [0.1, 0.15) is 25.7 Å². The zero-order valence-electron chi connectivity index (χ0n) is 23.6. The second kappa shape index (κ2) is 12.8. The average molecular weight is 563 g/mol. The van der Waals surface area contributed by atoms with Gasteiger partial charge in [0.2, 0.25) is 11.8 Å². The molecule has 218 valence electrons. The van der Waals surface area contributed by atoms with Gasteiger partial charge in [0.25, 0.3) is 5.91 Å². The topological polar surface area (TPSA) is 118 Å². The molecule has 41 heavy (non-hydrogen) atoms. The van der Waals surface area contributed by atoms with Crippen LogP contribution < -0.4 is 19.7 Å². The van der Waals surface area contributed by atoms with Crippen LogP contribution >= 0.6 is 0 Å². The standard InChI is InChI=1S/C29H38N8O4/c1-35-9-11-37(12-10-35)27(38)20-40-23-18-31-29(32-19-23)33-21-4-6-22(7-5-21)41-28-24-3-2-8-30-25(24)17-26(34-28)36-13-15-39-16-14-36/h2-3,8,17-19,21-22H,4-7,9-16,20H2,1H3,(H,31,32,33)/t21-,22+. The summed E-state index contributed by atoms with van der Waals surface area (Å²) in [5, 5.41) is 4.37. The predicted molar refractivity (Wildman–Crippen MR) is 154 cm³/mol. The van der Waals surface area contributed by atoms with E-state index in [1.807, 2.05) is 23.1 Å². The summed E-state index contributed by atoms with van der Waals surface area (Å²) in [6.07, 6.45) is 8.80. The third-order valence-corrected chi connectivity index (χ3v) is 8.02. The van der Waals surface area contributed by atoms with Gasteiger partial charge in [0.05, 0.1) is 36.5 Å². The Morgan fingerprint density at radius 2 is 1.78 bits per heavy atom. The zero-order valence-corrected chi connectivity index (χ0v) is 23.6. The molecule has 0 atom stereocenters. The monoisotopic (exact) mass is 562 g/mol. The van der Waals surface area contributed by atoms with E-state index >= 15 is 0 Å². The molecule has 0 spiro atoms. The molecule has 2 saturated heterocycles. The lowest BCUT2D eigenvalue weighted by Crippen LogP contribution is -2.48. The first-order valence-electron chi connectivity index (χ1n) is 14.5. The molecule has 3 aromatic heterocycles. The van der Waals surface area contributed by atoms with Crippen LogP contribution in [0.15, 0.2) is 36.8 Å². The molecule has 0 aromatic carbocycles.